The number of alkyl halides is 2. The van der Waals surface area contributed by atoms with Gasteiger partial charge in [-0.15, -0.1) is 0 Å². The maximum Gasteiger partial charge on any atom is 0.387 e. The van der Waals surface area contributed by atoms with Crippen molar-refractivity contribution in [2.24, 2.45) is 0 Å². The summed E-state index contributed by atoms with van der Waals surface area (Å²) in [6.45, 7) is -3.31. The number of halogens is 2. The number of hydrogen-bond donors (Lipinski definition) is 1. The molecule has 0 aromatic heterocycles. The Balaban J connectivity index is 1.77. The Hall–Kier alpha value is -3.22. The van der Waals surface area contributed by atoms with Gasteiger partial charge in [0.05, 0.1) is 0 Å². The van der Waals surface area contributed by atoms with Crippen molar-refractivity contribution in [1.29, 1.82) is 0 Å². The molecule has 0 radical (unpaired) electrons. The molecule has 0 unspecified atom stereocenters. The minimum absolute atomic E-state index is 0.0207. The summed E-state index contributed by atoms with van der Waals surface area (Å²) in [5.41, 5.74) is 1.19. The van der Waals surface area contributed by atoms with E-state index in [-0.39, 0.29) is 5.75 Å². The predicted molar refractivity (Wildman–Crippen MR) is 88.1 cm³/mol. The van der Waals surface area contributed by atoms with Gasteiger partial charge < -0.3 is 14.8 Å². The molecule has 0 spiro atoms. The number of benzene rings is 2. The molecular weight excluding hydrogens is 332 g/mol. The quantitative estimate of drug-likeness (QED) is 0.615. The Labute approximate surface area is 142 Å². The highest BCUT2D eigenvalue weighted by Gasteiger charge is 2.06. The Bertz CT molecular complexity index is 731. The molecule has 25 heavy (non-hydrogen) atoms. The zero-order chi connectivity index (χ0) is 18.1. The van der Waals surface area contributed by atoms with E-state index in [1.807, 2.05) is 6.07 Å². The van der Waals surface area contributed by atoms with Crippen LogP contribution < -0.4 is 10.1 Å². The maximum absolute atomic E-state index is 12.0. The number of rotatable bonds is 7. The van der Waals surface area contributed by atoms with Crippen LogP contribution in [0.4, 0.5) is 14.5 Å². The van der Waals surface area contributed by atoms with Gasteiger partial charge in [0.25, 0.3) is 5.91 Å². The predicted octanol–water partition coefficient (Wildman–Crippen LogP) is 3.48. The lowest BCUT2D eigenvalue weighted by Gasteiger charge is -2.05. The van der Waals surface area contributed by atoms with Gasteiger partial charge in [-0.05, 0) is 35.9 Å². The molecule has 0 saturated carbocycles. The van der Waals surface area contributed by atoms with Gasteiger partial charge in [0.2, 0.25) is 0 Å². The standard InChI is InChI=1S/C18H15F2NO4/c19-18(20)25-15-9-6-13(7-10-15)8-11-17(23)24-12-16(22)21-14-4-2-1-3-5-14/h1-11,18H,12H2,(H,21,22)/b11-8+. The lowest BCUT2D eigenvalue weighted by atomic mass is 10.2. The molecule has 0 saturated heterocycles. The lowest BCUT2D eigenvalue weighted by Crippen LogP contribution is -2.20. The fourth-order valence-electron chi connectivity index (χ4n) is 1.83. The first-order chi connectivity index (χ1) is 12.0. The maximum atomic E-state index is 12.0. The highest BCUT2D eigenvalue weighted by Crippen LogP contribution is 2.15. The molecule has 1 N–H and O–H groups in total. The normalized spacial score (nSPS) is 10.7. The molecule has 0 fully saturated rings. The third-order valence-corrected chi connectivity index (χ3v) is 2.92. The molecule has 0 heterocycles. The van der Waals surface area contributed by atoms with Crippen molar-refractivity contribution >= 4 is 23.6 Å². The van der Waals surface area contributed by atoms with Crippen LogP contribution in [0.1, 0.15) is 5.56 Å². The number of anilines is 1. The minimum atomic E-state index is -2.89. The average molecular weight is 347 g/mol. The summed E-state index contributed by atoms with van der Waals surface area (Å²) in [6, 6.07) is 14.5. The second-order valence-electron chi connectivity index (χ2n) is 4.80. The summed E-state index contributed by atoms with van der Waals surface area (Å²) in [7, 11) is 0. The van der Waals surface area contributed by atoms with E-state index in [9.17, 15) is 18.4 Å². The van der Waals surface area contributed by atoms with Crippen molar-refractivity contribution in [2.75, 3.05) is 11.9 Å². The van der Waals surface area contributed by atoms with Gasteiger partial charge in [-0.1, -0.05) is 30.3 Å². The van der Waals surface area contributed by atoms with E-state index < -0.39 is 25.1 Å². The third kappa shape index (κ3) is 6.82. The lowest BCUT2D eigenvalue weighted by molar-refractivity contribution is -0.142. The molecule has 2 aromatic rings. The monoisotopic (exact) mass is 347 g/mol. The largest absolute Gasteiger partial charge is 0.452 e. The summed E-state index contributed by atoms with van der Waals surface area (Å²) in [5, 5.41) is 2.58. The Morgan fingerprint density at radius 3 is 2.36 bits per heavy atom. The van der Waals surface area contributed by atoms with E-state index in [1.54, 1.807) is 24.3 Å². The second kappa shape index (κ2) is 9.17. The van der Waals surface area contributed by atoms with Crippen molar-refractivity contribution in [3.05, 3.63) is 66.2 Å². The molecule has 130 valence electrons. The van der Waals surface area contributed by atoms with Crippen molar-refractivity contribution < 1.29 is 27.8 Å². The zero-order valence-corrected chi connectivity index (χ0v) is 13.0. The van der Waals surface area contributed by atoms with Crippen LogP contribution in [0, 0.1) is 0 Å². The number of ether oxygens (including phenoxy) is 2. The summed E-state index contributed by atoms with van der Waals surface area (Å²) in [6.07, 6.45) is 2.57. The topological polar surface area (TPSA) is 64.6 Å². The number of hydrogen-bond acceptors (Lipinski definition) is 4. The van der Waals surface area contributed by atoms with Crippen LogP contribution in [-0.2, 0) is 14.3 Å². The van der Waals surface area contributed by atoms with Gasteiger partial charge in [-0.25, -0.2) is 4.79 Å². The van der Waals surface area contributed by atoms with Gasteiger partial charge in [-0.3, -0.25) is 4.79 Å². The SMILES string of the molecule is O=C(COC(=O)/C=C/c1ccc(OC(F)F)cc1)Nc1ccccc1. The van der Waals surface area contributed by atoms with Crippen LogP contribution in [0.15, 0.2) is 60.7 Å². The summed E-state index contributed by atoms with van der Waals surface area (Å²) >= 11 is 0. The van der Waals surface area contributed by atoms with Crippen LogP contribution in [0.5, 0.6) is 5.75 Å². The molecule has 0 atom stereocenters. The Morgan fingerprint density at radius 1 is 1.04 bits per heavy atom. The Kier molecular flexibility index (Phi) is 6.65. The van der Waals surface area contributed by atoms with Crippen LogP contribution in [0.25, 0.3) is 6.08 Å². The molecule has 0 aliphatic carbocycles. The zero-order valence-electron chi connectivity index (χ0n) is 13.0. The van der Waals surface area contributed by atoms with Gasteiger partial charge in [0, 0.05) is 11.8 Å². The molecule has 0 aliphatic rings. The van der Waals surface area contributed by atoms with E-state index >= 15 is 0 Å². The molecule has 0 aliphatic heterocycles. The van der Waals surface area contributed by atoms with Gasteiger partial charge in [-0.2, -0.15) is 8.78 Å². The molecule has 7 heteroatoms. The third-order valence-electron chi connectivity index (χ3n) is 2.92. The van der Waals surface area contributed by atoms with Gasteiger partial charge in [0.1, 0.15) is 5.75 Å². The summed E-state index contributed by atoms with van der Waals surface area (Å²) < 4.78 is 33.1. The minimum Gasteiger partial charge on any atom is -0.452 e. The fraction of sp³-hybridized carbons (Fsp3) is 0.111. The van der Waals surface area contributed by atoms with Crippen molar-refractivity contribution in [3.63, 3.8) is 0 Å². The van der Waals surface area contributed by atoms with Crippen molar-refractivity contribution in [1.82, 2.24) is 0 Å². The van der Waals surface area contributed by atoms with E-state index in [0.717, 1.165) is 6.08 Å². The first kappa shape index (κ1) is 18.1. The Morgan fingerprint density at radius 2 is 1.72 bits per heavy atom. The molecule has 2 rings (SSSR count). The summed E-state index contributed by atoms with van der Waals surface area (Å²) in [5.74, 6) is -1.13. The fourth-order valence-corrected chi connectivity index (χ4v) is 1.83. The number of para-hydroxylation sites is 1. The number of carbonyl (C=O) groups is 2. The van der Waals surface area contributed by atoms with Gasteiger partial charge in [0.15, 0.2) is 6.61 Å². The molecule has 2 aromatic carbocycles. The van der Waals surface area contributed by atoms with Crippen LogP contribution in [0.3, 0.4) is 0 Å². The first-order valence-electron chi connectivity index (χ1n) is 7.27. The average Bonchev–Trinajstić information content (AvgIpc) is 2.60. The van der Waals surface area contributed by atoms with Crippen molar-refractivity contribution in [3.8, 4) is 5.75 Å². The number of esters is 1. The number of amides is 1. The second-order valence-corrected chi connectivity index (χ2v) is 4.80. The van der Waals surface area contributed by atoms with E-state index in [4.69, 9.17) is 4.74 Å². The summed E-state index contributed by atoms with van der Waals surface area (Å²) in [4.78, 5) is 23.2. The molecule has 0 bridgehead atoms. The van der Waals surface area contributed by atoms with Crippen LogP contribution in [-0.4, -0.2) is 25.1 Å². The van der Waals surface area contributed by atoms with E-state index in [2.05, 4.69) is 10.1 Å². The molecular formula is C18H15F2NO4. The van der Waals surface area contributed by atoms with E-state index in [1.165, 1.54) is 30.3 Å². The van der Waals surface area contributed by atoms with Crippen molar-refractivity contribution in [2.45, 2.75) is 6.61 Å². The van der Waals surface area contributed by atoms with Crippen LogP contribution in [0.2, 0.25) is 0 Å². The smallest absolute Gasteiger partial charge is 0.387 e. The molecule has 1 amide bonds. The molecule has 5 nitrogen and oxygen atoms in total. The highest BCUT2D eigenvalue weighted by atomic mass is 19.3. The first-order valence-corrected chi connectivity index (χ1v) is 7.27. The van der Waals surface area contributed by atoms with E-state index in [0.29, 0.717) is 11.3 Å². The number of nitrogens with one attached hydrogen (secondary N) is 1. The van der Waals surface area contributed by atoms with Gasteiger partial charge >= 0.3 is 12.6 Å². The van der Waals surface area contributed by atoms with Crippen LogP contribution >= 0.6 is 0 Å². The highest BCUT2D eigenvalue weighted by molar-refractivity contribution is 5.94. The number of carbonyl (C=O) groups excluding carboxylic acids is 2.